The van der Waals surface area contributed by atoms with E-state index in [1.807, 2.05) is 18.9 Å². The van der Waals surface area contributed by atoms with Crippen molar-refractivity contribution in [3.63, 3.8) is 0 Å². The smallest absolute Gasteiger partial charge is 0.233 e. The Bertz CT molecular complexity index is 963. The fraction of sp³-hybridized carbons (Fsp3) is 0.435. The second-order valence-electron chi connectivity index (χ2n) is 7.71. The highest BCUT2D eigenvalue weighted by atomic mass is 32.2. The van der Waals surface area contributed by atoms with Gasteiger partial charge in [0.25, 0.3) is 0 Å². The molecule has 0 saturated carbocycles. The maximum Gasteiger partial charge on any atom is 0.233 e. The summed E-state index contributed by atoms with van der Waals surface area (Å²) in [5.74, 6) is 0.408. The number of benzene rings is 1. The standard InChI is InChI=1S/C23H25N3OS/c1-15-17-10-6-11-20(17)25-23(19(15)13-24)28-14-22(27)26(2)21-12-5-8-16-7-3-4-9-18(16)21/h3-4,7,9,21H,5-6,8,10-12,14H2,1-2H3. The number of nitriles is 1. The highest BCUT2D eigenvalue weighted by Gasteiger charge is 2.27. The molecule has 0 saturated heterocycles. The molecular formula is C23H25N3OS. The molecule has 4 nitrogen and oxygen atoms in total. The van der Waals surface area contributed by atoms with Crippen LogP contribution in [0.2, 0.25) is 0 Å². The molecule has 1 aromatic heterocycles. The van der Waals surface area contributed by atoms with Crippen LogP contribution < -0.4 is 0 Å². The second-order valence-corrected chi connectivity index (χ2v) is 8.67. The Labute approximate surface area is 171 Å². The van der Waals surface area contributed by atoms with Gasteiger partial charge in [-0.25, -0.2) is 4.98 Å². The summed E-state index contributed by atoms with van der Waals surface area (Å²) in [6.07, 6.45) is 6.29. The molecule has 2 aliphatic rings. The van der Waals surface area contributed by atoms with Crippen LogP contribution in [0.3, 0.4) is 0 Å². The van der Waals surface area contributed by atoms with Crippen LogP contribution in [-0.2, 0) is 24.1 Å². The van der Waals surface area contributed by atoms with Crippen LogP contribution in [0, 0.1) is 18.3 Å². The summed E-state index contributed by atoms with van der Waals surface area (Å²) in [5, 5.41) is 10.3. The Morgan fingerprint density at radius 2 is 2.11 bits per heavy atom. The van der Waals surface area contributed by atoms with E-state index in [-0.39, 0.29) is 11.9 Å². The van der Waals surface area contributed by atoms with E-state index in [1.54, 1.807) is 0 Å². The molecule has 4 rings (SSSR count). The molecule has 0 spiro atoms. The lowest BCUT2D eigenvalue weighted by Crippen LogP contribution is -2.34. The van der Waals surface area contributed by atoms with Gasteiger partial charge in [-0.3, -0.25) is 4.79 Å². The lowest BCUT2D eigenvalue weighted by atomic mass is 9.87. The van der Waals surface area contributed by atoms with E-state index in [9.17, 15) is 10.1 Å². The van der Waals surface area contributed by atoms with Crippen LogP contribution in [-0.4, -0.2) is 28.6 Å². The zero-order valence-corrected chi connectivity index (χ0v) is 17.3. The van der Waals surface area contributed by atoms with Crippen molar-refractivity contribution in [2.45, 2.75) is 56.5 Å². The number of aromatic nitrogens is 1. The molecule has 0 aliphatic heterocycles. The molecule has 1 amide bonds. The minimum absolute atomic E-state index is 0.0931. The van der Waals surface area contributed by atoms with E-state index in [1.165, 1.54) is 28.5 Å². The van der Waals surface area contributed by atoms with Gasteiger partial charge in [0.15, 0.2) is 0 Å². The number of amides is 1. The van der Waals surface area contributed by atoms with Crippen molar-refractivity contribution in [1.29, 1.82) is 5.26 Å². The summed E-state index contributed by atoms with van der Waals surface area (Å²) in [6, 6.07) is 10.9. The summed E-state index contributed by atoms with van der Waals surface area (Å²) in [4.78, 5) is 19.6. The molecule has 0 N–H and O–H groups in total. The summed E-state index contributed by atoms with van der Waals surface area (Å²) in [5.41, 5.74) is 6.68. The molecule has 1 heterocycles. The molecule has 2 aliphatic carbocycles. The van der Waals surface area contributed by atoms with Gasteiger partial charge in [-0.15, -0.1) is 0 Å². The highest BCUT2D eigenvalue weighted by molar-refractivity contribution is 8.00. The van der Waals surface area contributed by atoms with Gasteiger partial charge in [0.05, 0.1) is 17.4 Å². The fourth-order valence-corrected chi connectivity index (χ4v) is 5.50. The Morgan fingerprint density at radius 1 is 1.29 bits per heavy atom. The van der Waals surface area contributed by atoms with Crippen molar-refractivity contribution >= 4 is 17.7 Å². The van der Waals surface area contributed by atoms with Crippen LogP contribution in [0.5, 0.6) is 0 Å². The molecule has 0 radical (unpaired) electrons. The molecule has 0 fully saturated rings. The molecular weight excluding hydrogens is 366 g/mol. The maximum atomic E-state index is 12.9. The average Bonchev–Trinajstić information content (AvgIpc) is 3.20. The second kappa shape index (κ2) is 7.97. The Kier molecular flexibility index (Phi) is 5.41. The Morgan fingerprint density at radius 3 is 2.93 bits per heavy atom. The van der Waals surface area contributed by atoms with Crippen molar-refractivity contribution in [2.75, 3.05) is 12.8 Å². The topological polar surface area (TPSA) is 57.0 Å². The lowest BCUT2D eigenvalue weighted by molar-refractivity contribution is -0.129. The third-order valence-electron chi connectivity index (χ3n) is 6.11. The number of hydrogen-bond acceptors (Lipinski definition) is 4. The quantitative estimate of drug-likeness (QED) is 0.726. The zero-order valence-electron chi connectivity index (χ0n) is 16.5. The molecule has 144 valence electrons. The third kappa shape index (κ3) is 3.42. The summed E-state index contributed by atoms with van der Waals surface area (Å²) < 4.78 is 0. The number of hydrogen-bond donors (Lipinski definition) is 0. The first-order valence-electron chi connectivity index (χ1n) is 9.99. The summed E-state index contributed by atoms with van der Waals surface area (Å²) in [6.45, 7) is 2.02. The molecule has 2 aromatic rings. The van der Waals surface area contributed by atoms with E-state index >= 15 is 0 Å². The Balaban J connectivity index is 1.50. The zero-order chi connectivity index (χ0) is 19.7. The molecule has 1 unspecified atom stereocenters. The van der Waals surface area contributed by atoms with Gasteiger partial charge in [-0.2, -0.15) is 5.26 Å². The van der Waals surface area contributed by atoms with Gasteiger partial charge in [0, 0.05) is 12.7 Å². The van der Waals surface area contributed by atoms with Crippen LogP contribution >= 0.6 is 11.8 Å². The minimum Gasteiger partial charge on any atom is -0.338 e. The largest absolute Gasteiger partial charge is 0.338 e. The monoisotopic (exact) mass is 391 g/mol. The summed E-state index contributed by atoms with van der Waals surface area (Å²) in [7, 11) is 1.90. The van der Waals surface area contributed by atoms with E-state index in [0.717, 1.165) is 49.8 Å². The van der Waals surface area contributed by atoms with Gasteiger partial charge < -0.3 is 4.90 Å². The van der Waals surface area contributed by atoms with Gasteiger partial charge in [0.1, 0.15) is 11.1 Å². The first kappa shape index (κ1) is 19.0. The van der Waals surface area contributed by atoms with Crippen molar-refractivity contribution < 1.29 is 4.79 Å². The van der Waals surface area contributed by atoms with Gasteiger partial charge in [-0.1, -0.05) is 36.0 Å². The molecule has 5 heteroatoms. The van der Waals surface area contributed by atoms with Crippen molar-refractivity contribution in [1.82, 2.24) is 9.88 Å². The normalized spacial score (nSPS) is 17.5. The highest BCUT2D eigenvalue weighted by Crippen LogP contribution is 2.35. The number of aryl methyl sites for hydroxylation is 2. The molecule has 0 bridgehead atoms. The molecule has 1 aromatic carbocycles. The number of pyridine rings is 1. The van der Waals surface area contributed by atoms with E-state index < -0.39 is 0 Å². The van der Waals surface area contributed by atoms with Crippen molar-refractivity contribution in [3.8, 4) is 6.07 Å². The first-order valence-corrected chi connectivity index (χ1v) is 11.0. The number of fused-ring (bicyclic) bond motifs is 2. The van der Waals surface area contributed by atoms with Gasteiger partial charge >= 0.3 is 0 Å². The van der Waals surface area contributed by atoms with Crippen molar-refractivity contribution in [2.24, 2.45) is 0 Å². The third-order valence-corrected chi connectivity index (χ3v) is 7.07. The van der Waals surface area contributed by atoms with E-state index in [4.69, 9.17) is 4.98 Å². The number of rotatable bonds is 4. The lowest BCUT2D eigenvalue weighted by Gasteiger charge is -2.33. The predicted octanol–water partition coefficient (Wildman–Crippen LogP) is 4.38. The number of thioether (sulfide) groups is 1. The van der Waals surface area contributed by atoms with Crippen LogP contribution in [0.25, 0.3) is 0 Å². The number of nitrogens with zero attached hydrogens (tertiary/aromatic N) is 3. The predicted molar refractivity (Wildman–Crippen MR) is 111 cm³/mol. The minimum atomic E-state index is 0.0931. The SMILES string of the molecule is Cc1c(C#N)c(SCC(=O)N(C)C2CCCc3ccccc32)nc2c1CCC2. The Hall–Kier alpha value is -2.32. The van der Waals surface area contributed by atoms with E-state index in [2.05, 4.69) is 30.3 Å². The fourth-order valence-electron chi connectivity index (χ4n) is 4.52. The van der Waals surface area contributed by atoms with Crippen LogP contribution in [0.15, 0.2) is 29.3 Å². The van der Waals surface area contributed by atoms with Crippen LogP contribution in [0.4, 0.5) is 0 Å². The number of carbonyl (C=O) groups excluding carboxylic acids is 1. The molecule has 28 heavy (non-hydrogen) atoms. The van der Waals surface area contributed by atoms with Crippen molar-refractivity contribution in [3.05, 3.63) is 57.8 Å². The number of carbonyl (C=O) groups is 1. The van der Waals surface area contributed by atoms with E-state index in [0.29, 0.717) is 16.3 Å². The molecule has 1 atom stereocenters. The maximum absolute atomic E-state index is 12.9. The summed E-state index contributed by atoms with van der Waals surface area (Å²) >= 11 is 1.41. The van der Waals surface area contributed by atoms with Crippen LogP contribution in [0.1, 0.15) is 58.8 Å². The first-order chi connectivity index (χ1) is 13.6. The average molecular weight is 392 g/mol. The van der Waals surface area contributed by atoms with Gasteiger partial charge in [0.2, 0.25) is 5.91 Å². The van der Waals surface area contributed by atoms with Gasteiger partial charge in [-0.05, 0) is 67.7 Å².